The molecule has 5 nitrogen and oxygen atoms in total. The first-order chi connectivity index (χ1) is 13.4. The highest BCUT2D eigenvalue weighted by molar-refractivity contribution is 6.06. The van der Waals surface area contributed by atoms with Gasteiger partial charge in [-0.3, -0.25) is 4.79 Å². The van der Waals surface area contributed by atoms with Crippen molar-refractivity contribution in [3.8, 4) is 23.0 Å². The molecule has 0 aliphatic carbocycles. The molecule has 0 radical (unpaired) electrons. The third-order valence-electron chi connectivity index (χ3n) is 5.63. The van der Waals surface area contributed by atoms with E-state index >= 15 is 0 Å². The van der Waals surface area contributed by atoms with Crippen LogP contribution in [0.5, 0.6) is 23.0 Å². The zero-order chi connectivity index (χ0) is 19.6. The Morgan fingerprint density at radius 1 is 1.21 bits per heavy atom. The summed E-state index contributed by atoms with van der Waals surface area (Å²) in [4.78, 5) is 13.5. The number of carbonyl (C=O) groups is 1. The molecule has 2 aromatic rings. The molecule has 0 amide bonds. The molecule has 0 saturated heterocycles. The Hall–Kier alpha value is -2.95. The second kappa shape index (κ2) is 6.55. The van der Waals surface area contributed by atoms with Gasteiger partial charge in [-0.05, 0) is 56.7 Å². The standard InChI is InChI=1S/C23H22O5.CH4.H2/c1-12-9-15-18(10-17(12)25-4)26-11-19-20(15)21(24)14-5-6-16-13(22(14)27-19)7-8-23(2,3)28-16;;/h5-10,19-20H,11H2,1-4H3;1H4;1H/i;;1+1. The van der Waals surface area contributed by atoms with Crippen molar-refractivity contribution in [2.45, 2.75) is 45.8 Å². The van der Waals surface area contributed by atoms with Crippen LogP contribution in [0.3, 0.4) is 0 Å². The van der Waals surface area contributed by atoms with E-state index in [1.54, 1.807) is 7.11 Å². The Kier molecular flexibility index (Phi) is 4.37. The van der Waals surface area contributed by atoms with Gasteiger partial charge in [0, 0.05) is 13.1 Å². The van der Waals surface area contributed by atoms with Gasteiger partial charge in [0.25, 0.3) is 0 Å². The van der Waals surface area contributed by atoms with Crippen LogP contribution in [0.25, 0.3) is 6.08 Å². The van der Waals surface area contributed by atoms with E-state index in [0.717, 1.165) is 28.2 Å². The van der Waals surface area contributed by atoms with Crippen LogP contribution in [0, 0.1) is 6.92 Å². The molecule has 0 saturated carbocycles. The van der Waals surface area contributed by atoms with Gasteiger partial charge in [0.2, 0.25) is 0 Å². The average molecular weight is 397 g/mol. The van der Waals surface area contributed by atoms with Crippen molar-refractivity contribution in [2.24, 2.45) is 0 Å². The first kappa shape index (κ1) is 19.4. The van der Waals surface area contributed by atoms with E-state index in [4.69, 9.17) is 18.9 Å². The van der Waals surface area contributed by atoms with E-state index in [1.165, 1.54) is 0 Å². The van der Waals surface area contributed by atoms with Crippen LogP contribution < -0.4 is 18.9 Å². The summed E-state index contributed by atoms with van der Waals surface area (Å²) in [5, 5.41) is 0. The van der Waals surface area contributed by atoms with Crippen molar-refractivity contribution in [2.75, 3.05) is 13.7 Å². The number of benzene rings is 2. The normalized spacial score (nSPS) is 22.4. The molecular weight excluding hydrogens is 368 g/mol. The first-order valence-corrected chi connectivity index (χ1v) is 9.45. The van der Waals surface area contributed by atoms with E-state index < -0.39 is 0 Å². The van der Waals surface area contributed by atoms with Crippen molar-refractivity contribution in [1.29, 1.82) is 0 Å². The smallest absolute Gasteiger partial charge is 0.178 e. The minimum absolute atomic E-state index is 0. The van der Waals surface area contributed by atoms with Crippen molar-refractivity contribution < 1.29 is 25.2 Å². The first-order valence-electron chi connectivity index (χ1n) is 9.45. The number of Topliss-reactive ketones (excluding diaryl/α,β-unsaturated/α-hetero) is 1. The highest BCUT2D eigenvalue weighted by atomic mass is 16.5. The van der Waals surface area contributed by atoms with E-state index in [-0.39, 0.29) is 32.3 Å². The summed E-state index contributed by atoms with van der Waals surface area (Å²) in [7, 11) is 1.63. The van der Waals surface area contributed by atoms with Crippen LogP contribution in [0.1, 0.15) is 55.7 Å². The number of hydrogen-bond acceptors (Lipinski definition) is 5. The second-order valence-corrected chi connectivity index (χ2v) is 8.06. The predicted molar refractivity (Wildman–Crippen MR) is 114 cm³/mol. The zero-order valence-electron chi connectivity index (χ0n) is 16.4. The summed E-state index contributed by atoms with van der Waals surface area (Å²) in [6.45, 7) is 6.27. The SMILES string of the molecule is C.COc1cc2c(cc1C)C1C(=O)c3ccc4c(c3OC1CO2)C=CC(C)(C)O4.[2HH]. The van der Waals surface area contributed by atoms with E-state index in [0.29, 0.717) is 23.7 Å². The zero-order valence-corrected chi connectivity index (χ0v) is 16.4. The van der Waals surface area contributed by atoms with Crippen LogP contribution in [-0.4, -0.2) is 31.2 Å². The molecular formula is C24H28O5. The fourth-order valence-electron chi connectivity index (χ4n) is 4.23. The van der Waals surface area contributed by atoms with E-state index in [2.05, 4.69) is 0 Å². The summed E-state index contributed by atoms with van der Waals surface area (Å²) in [6.07, 6.45) is 3.60. The maximum absolute atomic E-state index is 13.5. The van der Waals surface area contributed by atoms with Gasteiger partial charge in [-0.1, -0.05) is 7.43 Å². The molecule has 154 valence electrons. The summed E-state index contributed by atoms with van der Waals surface area (Å²) >= 11 is 0. The number of ether oxygens (including phenoxy) is 4. The lowest BCUT2D eigenvalue weighted by Gasteiger charge is -2.38. The fourth-order valence-corrected chi connectivity index (χ4v) is 4.23. The van der Waals surface area contributed by atoms with Gasteiger partial charge in [0.1, 0.15) is 41.3 Å². The van der Waals surface area contributed by atoms with Crippen LogP contribution in [0.2, 0.25) is 0 Å². The molecule has 3 heterocycles. The summed E-state index contributed by atoms with van der Waals surface area (Å²) < 4.78 is 23.7. The van der Waals surface area contributed by atoms with Gasteiger partial charge < -0.3 is 18.9 Å². The summed E-state index contributed by atoms with van der Waals surface area (Å²) in [5.41, 5.74) is 2.85. The quantitative estimate of drug-likeness (QED) is 0.663. The Labute approximate surface area is 172 Å². The lowest BCUT2D eigenvalue weighted by atomic mass is 9.80. The summed E-state index contributed by atoms with van der Waals surface area (Å²) in [6, 6.07) is 7.50. The molecule has 0 N–H and O–H groups in total. The Bertz CT molecular complexity index is 1040. The molecule has 2 unspecified atom stereocenters. The largest absolute Gasteiger partial charge is 0.496 e. The number of ketones is 1. The van der Waals surface area contributed by atoms with Crippen LogP contribution in [0.4, 0.5) is 0 Å². The summed E-state index contributed by atoms with van der Waals surface area (Å²) in [5.74, 6) is 2.43. The number of rotatable bonds is 1. The van der Waals surface area contributed by atoms with Gasteiger partial charge in [0.05, 0.1) is 24.2 Å². The third-order valence-corrected chi connectivity index (χ3v) is 5.63. The fraction of sp³-hybridized carbons (Fsp3) is 0.375. The Morgan fingerprint density at radius 2 is 2.00 bits per heavy atom. The minimum Gasteiger partial charge on any atom is -0.496 e. The van der Waals surface area contributed by atoms with Gasteiger partial charge in [-0.2, -0.15) is 0 Å². The average Bonchev–Trinajstić information content (AvgIpc) is 2.66. The van der Waals surface area contributed by atoms with E-state index in [1.807, 2.05) is 57.2 Å². The predicted octanol–water partition coefficient (Wildman–Crippen LogP) is 5.19. The number of hydrogen-bond donors (Lipinski definition) is 0. The van der Waals surface area contributed by atoms with Crippen LogP contribution in [-0.2, 0) is 0 Å². The molecule has 3 aliphatic rings. The lowest BCUT2D eigenvalue weighted by Crippen LogP contribution is -2.43. The Morgan fingerprint density at radius 3 is 2.76 bits per heavy atom. The molecule has 5 heteroatoms. The molecule has 0 spiro atoms. The molecule has 2 atom stereocenters. The number of fused-ring (bicyclic) bond motifs is 6. The van der Waals surface area contributed by atoms with Crippen molar-refractivity contribution >= 4 is 11.9 Å². The minimum atomic E-state index is -0.385. The molecule has 2 aromatic carbocycles. The molecule has 0 fully saturated rings. The number of aryl methyl sites for hydroxylation is 1. The van der Waals surface area contributed by atoms with Gasteiger partial charge in [0.15, 0.2) is 5.78 Å². The molecule has 3 aliphatic heterocycles. The van der Waals surface area contributed by atoms with Crippen molar-refractivity contribution in [3.63, 3.8) is 0 Å². The lowest BCUT2D eigenvalue weighted by molar-refractivity contribution is 0.0553. The highest BCUT2D eigenvalue weighted by Gasteiger charge is 2.44. The maximum atomic E-state index is 13.5. The molecule has 0 aromatic heterocycles. The topological polar surface area (TPSA) is 54.0 Å². The molecule has 29 heavy (non-hydrogen) atoms. The van der Waals surface area contributed by atoms with Crippen LogP contribution in [0.15, 0.2) is 30.3 Å². The van der Waals surface area contributed by atoms with E-state index in [9.17, 15) is 4.79 Å². The Balaban J connectivity index is 0.00000128. The van der Waals surface area contributed by atoms with Crippen molar-refractivity contribution in [3.05, 3.63) is 52.6 Å². The van der Waals surface area contributed by atoms with Gasteiger partial charge in [-0.25, -0.2) is 0 Å². The van der Waals surface area contributed by atoms with Crippen LogP contribution >= 0.6 is 0 Å². The second-order valence-electron chi connectivity index (χ2n) is 8.06. The maximum Gasteiger partial charge on any atom is 0.178 e. The molecule has 5 rings (SSSR count). The monoisotopic (exact) mass is 397 g/mol. The van der Waals surface area contributed by atoms with Gasteiger partial charge in [-0.15, -0.1) is 0 Å². The number of carbonyl (C=O) groups excluding carboxylic acids is 1. The van der Waals surface area contributed by atoms with Crippen molar-refractivity contribution in [1.82, 2.24) is 0 Å². The third kappa shape index (κ3) is 2.87. The highest BCUT2D eigenvalue weighted by Crippen LogP contribution is 2.48. The van der Waals surface area contributed by atoms with Gasteiger partial charge >= 0.3 is 0 Å². The molecule has 0 bridgehead atoms. The number of methoxy groups -OCH3 is 1.